The van der Waals surface area contributed by atoms with Crippen LogP contribution < -0.4 is 10.5 Å². The molecule has 0 bridgehead atoms. The van der Waals surface area contributed by atoms with Gasteiger partial charge in [-0.25, -0.2) is 13.1 Å². The zero-order valence-electron chi connectivity index (χ0n) is 9.62. The van der Waals surface area contributed by atoms with Crippen LogP contribution in [0.5, 0.6) is 0 Å². The molecule has 96 valence electrons. The average molecular weight is 277 g/mol. The number of nitrogens with one attached hydrogen (secondary N) is 1. The molecule has 1 heterocycles. The van der Waals surface area contributed by atoms with Crippen LogP contribution in [0, 0.1) is 0 Å². The minimum absolute atomic E-state index is 0.0452. The van der Waals surface area contributed by atoms with E-state index < -0.39 is 15.3 Å². The summed E-state index contributed by atoms with van der Waals surface area (Å²) < 4.78 is 27.5. The van der Waals surface area contributed by atoms with E-state index in [0.717, 1.165) is 0 Å². The van der Waals surface area contributed by atoms with Crippen LogP contribution in [0.15, 0.2) is 6.33 Å². The topological polar surface area (TPSA) is 103 Å². The lowest BCUT2D eigenvalue weighted by molar-refractivity contribution is 0.577. The maximum absolute atomic E-state index is 11.7. The van der Waals surface area contributed by atoms with Gasteiger partial charge in [-0.2, -0.15) is 0 Å². The molecular formula is C8H15N5O2S2. The summed E-state index contributed by atoms with van der Waals surface area (Å²) in [5, 5.41) is 6.66. The van der Waals surface area contributed by atoms with E-state index in [9.17, 15) is 8.42 Å². The smallest absolute Gasteiger partial charge is 0.220 e. The van der Waals surface area contributed by atoms with Crippen molar-refractivity contribution < 1.29 is 8.42 Å². The van der Waals surface area contributed by atoms with Crippen molar-refractivity contribution in [2.45, 2.75) is 18.6 Å². The molecule has 3 N–H and O–H groups in total. The number of hydrogen-bond donors (Lipinski definition) is 2. The predicted octanol–water partition coefficient (Wildman–Crippen LogP) is -1.05. The Balaban J connectivity index is 2.52. The third-order valence-electron chi connectivity index (χ3n) is 2.32. The monoisotopic (exact) mass is 277 g/mol. The van der Waals surface area contributed by atoms with E-state index in [4.69, 9.17) is 5.73 Å². The van der Waals surface area contributed by atoms with Crippen LogP contribution in [0.25, 0.3) is 0 Å². The first kappa shape index (κ1) is 14.0. The molecule has 1 aromatic heterocycles. The first-order chi connectivity index (χ1) is 7.84. The minimum atomic E-state index is -3.50. The van der Waals surface area contributed by atoms with Gasteiger partial charge < -0.3 is 10.3 Å². The Bertz CT molecular complexity index is 496. The van der Waals surface area contributed by atoms with E-state index in [1.165, 1.54) is 6.92 Å². The zero-order chi connectivity index (χ0) is 13.1. The maximum atomic E-state index is 11.7. The van der Waals surface area contributed by atoms with Crippen LogP contribution in [-0.2, 0) is 23.5 Å². The van der Waals surface area contributed by atoms with Gasteiger partial charge in [-0.15, -0.1) is 10.2 Å². The van der Waals surface area contributed by atoms with Crippen molar-refractivity contribution in [1.29, 1.82) is 0 Å². The maximum Gasteiger partial charge on any atom is 0.220 e. The van der Waals surface area contributed by atoms with Crippen molar-refractivity contribution in [3.8, 4) is 0 Å². The number of thiocarbonyl (C=S) groups is 1. The highest BCUT2D eigenvalue weighted by Crippen LogP contribution is 1.99. The highest BCUT2D eigenvalue weighted by molar-refractivity contribution is 7.93. The third-order valence-corrected chi connectivity index (χ3v) is 4.62. The Morgan fingerprint density at radius 2 is 2.35 bits per heavy atom. The Kier molecular flexibility index (Phi) is 4.54. The molecule has 0 radical (unpaired) electrons. The fourth-order valence-electron chi connectivity index (χ4n) is 1.12. The number of nitrogens with two attached hydrogens (primary N) is 1. The molecule has 7 nitrogen and oxygen atoms in total. The second-order valence-electron chi connectivity index (χ2n) is 3.59. The van der Waals surface area contributed by atoms with Crippen molar-refractivity contribution in [3.05, 3.63) is 12.2 Å². The van der Waals surface area contributed by atoms with Gasteiger partial charge in [0.1, 0.15) is 17.4 Å². The Morgan fingerprint density at radius 3 is 2.82 bits per heavy atom. The summed E-state index contributed by atoms with van der Waals surface area (Å²) in [5.41, 5.74) is 5.30. The molecule has 0 saturated carbocycles. The van der Waals surface area contributed by atoms with Crippen LogP contribution in [-0.4, -0.2) is 40.0 Å². The van der Waals surface area contributed by atoms with Crippen molar-refractivity contribution >= 4 is 27.2 Å². The van der Waals surface area contributed by atoms with Crippen LogP contribution in [0.1, 0.15) is 12.7 Å². The van der Waals surface area contributed by atoms with Gasteiger partial charge in [0, 0.05) is 20.0 Å². The summed E-state index contributed by atoms with van der Waals surface area (Å²) in [4.78, 5) is -0.0452. The number of rotatable bonds is 6. The fourth-order valence-corrected chi connectivity index (χ4v) is 2.44. The molecule has 9 heteroatoms. The van der Waals surface area contributed by atoms with Crippen LogP contribution in [0.2, 0.25) is 0 Å². The lowest BCUT2D eigenvalue weighted by Gasteiger charge is -2.12. The van der Waals surface area contributed by atoms with Crippen molar-refractivity contribution in [2.75, 3.05) is 6.54 Å². The number of aromatic nitrogens is 3. The largest absolute Gasteiger partial charge is 0.392 e. The van der Waals surface area contributed by atoms with Gasteiger partial charge >= 0.3 is 0 Å². The van der Waals surface area contributed by atoms with E-state index in [1.807, 2.05) is 0 Å². The van der Waals surface area contributed by atoms with Crippen molar-refractivity contribution in [1.82, 2.24) is 19.5 Å². The van der Waals surface area contributed by atoms with Gasteiger partial charge in [-0.1, -0.05) is 12.2 Å². The lowest BCUT2D eigenvalue weighted by Crippen LogP contribution is -2.40. The third kappa shape index (κ3) is 3.72. The highest BCUT2D eigenvalue weighted by Gasteiger charge is 2.22. The van der Waals surface area contributed by atoms with Crippen LogP contribution >= 0.6 is 12.2 Å². The van der Waals surface area contributed by atoms with Gasteiger partial charge in [0.25, 0.3) is 0 Å². The Hall–Kier alpha value is -1.06. The summed E-state index contributed by atoms with van der Waals surface area (Å²) in [6, 6.07) is 0. The van der Waals surface area contributed by atoms with E-state index in [1.54, 1.807) is 17.9 Å². The Morgan fingerprint density at radius 1 is 1.71 bits per heavy atom. The molecule has 0 aliphatic heterocycles. The quantitative estimate of drug-likeness (QED) is 0.643. The summed E-state index contributed by atoms with van der Waals surface area (Å²) in [6.07, 6.45) is 2.02. The molecule has 1 unspecified atom stereocenters. The second kappa shape index (κ2) is 5.52. The SMILES string of the molecule is CC(C(N)=S)S(=O)(=O)NCCc1nncn1C. The van der Waals surface area contributed by atoms with E-state index in [2.05, 4.69) is 27.1 Å². The predicted molar refractivity (Wildman–Crippen MR) is 67.9 cm³/mol. The summed E-state index contributed by atoms with van der Waals surface area (Å²) in [6.45, 7) is 1.69. The molecule has 1 aromatic rings. The minimum Gasteiger partial charge on any atom is -0.392 e. The number of aryl methyl sites for hydroxylation is 1. The molecule has 1 atom stereocenters. The molecule has 0 amide bonds. The molecule has 0 fully saturated rings. The molecule has 0 saturated heterocycles. The van der Waals surface area contributed by atoms with E-state index >= 15 is 0 Å². The summed E-state index contributed by atoms with van der Waals surface area (Å²) >= 11 is 4.65. The summed E-state index contributed by atoms with van der Waals surface area (Å²) in [7, 11) is -1.71. The van der Waals surface area contributed by atoms with Crippen LogP contribution in [0.4, 0.5) is 0 Å². The second-order valence-corrected chi connectivity index (χ2v) is 6.15. The van der Waals surface area contributed by atoms with Gasteiger partial charge in [-0.05, 0) is 6.92 Å². The van der Waals surface area contributed by atoms with Crippen molar-refractivity contribution in [2.24, 2.45) is 12.8 Å². The van der Waals surface area contributed by atoms with E-state index in [-0.39, 0.29) is 11.5 Å². The number of hydrogen-bond acceptors (Lipinski definition) is 5. The standard InChI is InChI=1S/C8H15N5O2S2/c1-6(8(9)16)17(14,15)11-4-3-7-12-10-5-13(7)2/h5-6,11H,3-4H2,1-2H3,(H2,9,16). The van der Waals surface area contributed by atoms with Gasteiger partial charge in [0.05, 0.1) is 4.99 Å². The molecule has 0 spiro atoms. The lowest BCUT2D eigenvalue weighted by atomic mass is 10.4. The zero-order valence-corrected chi connectivity index (χ0v) is 11.3. The Labute approximate surface area is 105 Å². The molecule has 0 aromatic carbocycles. The molecule has 1 rings (SSSR count). The van der Waals surface area contributed by atoms with Gasteiger partial charge in [-0.3, -0.25) is 0 Å². The molecule has 0 aliphatic rings. The van der Waals surface area contributed by atoms with Gasteiger partial charge in [0.2, 0.25) is 10.0 Å². The molecule has 17 heavy (non-hydrogen) atoms. The highest BCUT2D eigenvalue weighted by atomic mass is 32.2. The first-order valence-corrected chi connectivity index (χ1v) is 6.90. The molecule has 0 aliphatic carbocycles. The fraction of sp³-hybridized carbons (Fsp3) is 0.625. The number of sulfonamides is 1. The first-order valence-electron chi connectivity index (χ1n) is 4.95. The summed E-state index contributed by atoms with van der Waals surface area (Å²) in [5.74, 6) is 0.704. The van der Waals surface area contributed by atoms with Crippen LogP contribution in [0.3, 0.4) is 0 Å². The molecular weight excluding hydrogens is 262 g/mol. The number of nitrogens with zero attached hydrogens (tertiary/aromatic N) is 3. The van der Waals surface area contributed by atoms with Crippen molar-refractivity contribution in [3.63, 3.8) is 0 Å². The average Bonchev–Trinajstić information content (AvgIpc) is 2.63. The van der Waals surface area contributed by atoms with Gasteiger partial charge in [0.15, 0.2) is 0 Å². The normalized spacial score (nSPS) is 13.5. The van der Waals surface area contributed by atoms with E-state index in [0.29, 0.717) is 12.2 Å².